The van der Waals surface area contributed by atoms with Gasteiger partial charge in [0.15, 0.2) is 5.78 Å². The van der Waals surface area contributed by atoms with Crippen LogP contribution in [-0.2, 0) is 14.3 Å². The van der Waals surface area contributed by atoms with Gasteiger partial charge in [-0.3, -0.25) is 24.1 Å². The summed E-state index contributed by atoms with van der Waals surface area (Å²) in [5.74, 6) is -2.02. The van der Waals surface area contributed by atoms with E-state index in [0.29, 0.717) is 17.5 Å². The molecule has 1 atom stereocenters. The van der Waals surface area contributed by atoms with Crippen molar-refractivity contribution in [2.24, 2.45) is 5.92 Å². The number of ketones is 1. The van der Waals surface area contributed by atoms with Gasteiger partial charge in [-0.25, -0.2) is 0 Å². The molecule has 0 aromatic heterocycles. The minimum Gasteiger partial charge on any atom is -0.466 e. The first-order valence-electron chi connectivity index (χ1n) is 8.02. The van der Waals surface area contributed by atoms with Crippen molar-refractivity contribution >= 4 is 23.6 Å². The van der Waals surface area contributed by atoms with Crippen molar-refractivity contribution in [1.82, 2.24) is 4.90 Å². The fraction of sp³-hybridized carbons (Fsp3) is 0.444. The number of imide groups is 1. The van der Waals surface area contributed by atoms with E-state index in [1.54, 1.807) is 31.2 Å². The lowest BCUT2D eigenvalue weighted by Gasteiger charge is -2.26. The zero-order valence-corrected chi connectivity index (χ0v) is 14.1. The molecule has 128 valence electrons. The minimum absolute atomic E-state index is 0.0745. The second-order valence-electron chi connectivity index (χ2n) is 6.12. The molecular formula is C18H21NO5. The van der Waals surface area contributed by atoms with Gasteiger partial charge in [0, 0.05) is 0 Å². The molecule has 6 heteroatoms. The van der Waals surface area contributed by atoms with E-state index >= 15 is 0 Å². The molecule has 0 unspecified atom stereocenters. The maximum Gasteiger partial charge on any atom is 0.313 e. The van der Waals surface area contributed by atoms with Gasteiger partial charge in [0.05, 0.1) is 23.8 Å². The van der Waals surface area contributed by atoms with Gasteiger partial charge in [-0.1, -0.05) is 26.0 Å². The van der Waals surface area contributed by atoms with Crippen LogP contribution in [0.3, 0.4) is 0 Å². The third-order valence-corrected chi connectivity index (χ3v) is 3.83. The van der Waals surface area contributed by atoms with E-state index in [1.165, 1.54) is 0 Å². The van der Waals surface area contributed by atoms with Crippen LogP contribution in [0.5, 0.6) is 0 Å². The van der Waals surface area contributed by atoms with Crippen molar-refractivity contribution in [3.8, 4) is 0 Å². The Balaban J connectivity index is 2.29. The molecule has 1 aromatic rings. The van der Waals surface area contributed by atoms with Crippen LogP contribution in [-0.4, -0.2) is 41.1 Å². The Bertz CT molecular complexity index is 645. The number of amides is 2. The summed E-state index contributed by atoms with van der Waals surface area (Å²) in [5.41, 5.74) is 0.584. The molecule has 0 radical (unpaired) electrons. The highest BCUT2D eigenvalue weighted by atomic mass is 16.5. The van der Waals surface area contributed by atoms with Crippen molar-refractivity contribution in [3.63, 3.8) is 0 Å². The second-order valence-corrected chi connectivity index (χ2v) is 6.12. The first-order valence-corrected chi connectivity index (χ1v) is 8.02. The van der Waals surface area contributed by atoms with Crippen molar-refractivity contribution in [2.45, 2.75) is 39.7 Å². The van der Waals surface area contributed by atoms with Gasteiger partial charge in [-0.15, -0.1) is 0 Å². The number of fused-ring (bicyclic) bond motifs is 1. The molecule has 0 saturated carbocycles. The lowest BCUT2D eigenvalue weighted by molar-refractivity contribution is -0.146. The van der Waals surface area contributed by atoms with E-state index in [0.717, 1.165) is 4.90 Å². The van der Waals surface area contributed by atoms with Gasteiger partial charge in [0.25, 0.3) is 11.8 Å². The fourth-order valence-electron chi connectivity index (χ4n) is 2.79. The van der Waals surface area contributed by atoms with E-state index in [9.17, 15) is 19.2 Å². The fourth-order valence-corrected chi connectivity index (χ4v) is 2.79. The van der Waals surface area contributed by atoms with Gasteiger partial charge in [-0.05, 0) is 31.4 Å². The molecule has 2 rings (SSSR count). The van der Waals surface area contributed by atoms with Crippen LogP contribution in [0, 0.1) is 5.92 Å². The predicted octanol–water partition coefficient (Wildman–Crippen LogP) is 2.22. The van der Waals surface area contributed by atoms with E-state index in [2.05, 4.69) is 0 Å². The maximum atomic E-state index is 12.6. The number of rotatable bonds is 7. The molecule has 1 heterocycles. The van der Waals surface area contributed by atoms with Gasteiger partial charge in [-0.2, -0.15) is 0 Å². The van der Waals surface area contributed by atoms with Gasteiger partial charge in [0.1, 0.15) is 6.42 Å². The molecule has 0 saturated heterocycles. The lowest BCUT2D eigenvalue weighted by atomic mass is 9.97. The first-order chi connectivity index (χ1) is 11.4. The number of hydrogen-bond donors (Lipinski definition) is 0. The molecule has 0 aliphatic carbocycles. The Kier molecular flexibility index (Phi) is 5.49. The molecule has 24 heavy (non-hydrogen) atoms. The van der Waals surface area contributed by atoms with Crippen LogP contribution in [0.4, 0.5) is 0 Å². The SMILES string of the molecule is CCOC(=O)CC(=O)[C@H](CC(C)C)N1C(=O)c2ccccc2C1=O. The Morgan fingerprint density at radius 2 is 1.62 bits per heavy atom. The van der Waals surface area contributed by atoms with Crippen LogP contribution >= 0.6 is 0 Å². The molecule has 2 amide bonds. The van der Waals surface area contributed by atoms with Gasteiger partial charge < -0.3 is 4.74 Å². The first kappa shape index (κ1) is 17.8. The monoisotopic (exact) mass is 331 g/mol. The van der Waals surface area contributed by atoms with E-state index in [4.69, 9.17) is 4.74 Å². The highest BCUT2D eigenvalue weighted by molar-refractivity contribution is 6.23. The van der Waals surface area contributed by atoms with Crippen LogP contribution < -0.4 is 0 Å². The summed E-state index contributed by atoms with van der Waals surface area (Å²) in [6, 6.07) is 5.52. The molecule has 6 nitrogen and oxygen atoms in total. The quantitative estimate of drug-likeness (QED) is 0.435. The predicted molar refractivity (Wildman–Crippen MR) is 86.4 cm³/mol. The average Bonchev–Trinajstić information content (AvgIpc) is 2.77. The summed E-state index contributed by atoms with van der Waals surface area (Å²) >= 11 is 0. The van der Waals surface area contributed by atoms with Crippen molar-refractivity contribution < 1.29 is 23.9 Å². The number of benzene rings is 1. The van der Waals surface area contributed by atoms with Crippen LogP contribution in [0.25, 0.3) is 0 Å². The molecule has 0 bridgehead atoms. The van der Waals surface area contributed by atoms with Crippen LogP contribution in [0.15, 0.2) is 24.3 Å². The van der Waals surface area contributed by atoms with Gasteiger partial charge >= 0.3 is 5.97 Å². The smallest absolute Gasteiger partial charge is 0.313 e. The number of carbonyl (C=O) groups excluding carboxylic acids is 4. The van der Waals surface area contributed by atoms with E-state index in [1.807, 2.05) is 13.8 Å². The molecular weight excluding hydrogens is 310 g/mol. The maximum absolute atomic E-state index is 12.6. The summed E-state index contributed by atoms with van der Waals surface area (Å²) in [7, 11) is 0. The topological polar surface area (TPSA) is 80.8 Å². The average molecular weight is 331 g/mol. The largest absolute Gasteiger partial charge is 0.466 e. The lowest BCUT2D eigenvalue weighted by Crippen LogP contribution is -2.46. The Hall–Kier alpha value is -2.50. The zero-order chi connectivity index (χ0) is 17.9. The highest BCUT2D eigenvalue weighted by Crippen LogP contribution is 2.27. The molecule has 0 N–H and O–H groups in total. The number of ether oxygens (including phenoxy) is 1. The summed E-state index contributed by atoms with van der Waals surface area (Å²) in [4.78, 5) is 50.3. The Morgan fingerprint density at radius 1 is 1.08 bits per heavy atom. The number of nitrogens with zero attached hydrogens (tertiary/aromatic N) is 1. The van der Waals surface area contributed by atoms with Crippen LogP contribution in [0.1, 0.15) is 54.3 Å². The molecule has 0 spiro atoms. The van der Waals surface area contributed by atoms with E-state index < -0.39 is 36.0 Å². The summed E-state index contributed by atoms with van der Waals surface area (Å²) in [6.07, 6.45) is -0.137. The van der Waals surface area contributed by atoms with Crippen molar-refractivity contribution in [3.05, 3.63) is 35.4 Å². The van der Waals surface area contributed by atoms with Crippen molar-refractivity contribution in [1.29, 1.82) is 0 Å². The minimum atomic E-state index is -0.957. The number of hydrogen-bond acceptors (Lipinski definition) is 5. The summed E-state index contributed by atoms with van der Waals surface area (Å²) in [5, 5.41) is 0. The summed E-state index contributed by atoms with van der Waals surface area (Å²) in [6.45, 7) is 5.61. The number of Topliss-reactive ketones (excluding diaryl/α,β-unsaturated/α-hetero) is 1. The van der Waals surface area contributed by atoms with Crippen molar-refractivity contribution in [2.75, 3.05) is 6.61 Å². The normalized spacial score (nSPS) is 14.8. The summed E-state index contributed by atoms with van der Waals surface area (Å²) < 4.78 is 4.80. The van der Waals surface area contributed by atoms with E-state index in [-0.39, 0.29) is 12.5 Å². The number of carbonyl (C=O) groups is 4. The van der Waals surface area contributed by atoms with Gasteiger partial charge in [0.2, 0.25) is 0 Å². The zero-order valence-electron chi connectivity index (χ0n) is 14.1. The third-order valence-electron chi connectivity index (χ3n) is 3.83. The molecule has 1 aliphatic heterocycles. The molecule has 0 fully saturated rings. The Morgan fingerprint density at radius 3 is 2.08 bits per heavy atom. The standard InChI is InChI=1S/C18H21NO5/c1-4-24-16(21)10-15(20)14(9-11(2)3)19-17(22)12-7-5-6-8-13(12)18(19)23/h5-8,11,14H,4,9-10H2,1-3H3/t14-/m0/s1. The number of esters is 1. The second kappa shape index (κ2) is 7.38. The Labute approximate surface area is 140 Å². The third kappa shape index (κ3) is 3.53. The molecule has 1 aromatic carbocycles. The molecule has 1 aliphatic rings. The van der Waals surface area contributed by atoms with Crippen LogP contribution in [0.2, 0.25) is 0 Å². The highest BCUT2D eigenvalue weighted by Gasteiger charge is 2.42.